The minimum atomic E-state index is -0.851. The average Bonchev–Trinajstić information content (AvgIpc) is 3.64. The summed E-state index contributed by atoms with van der Waals surface area (Å²) in [6.45, 7) is 0.349. The van der Waals surface area contributed by atoms with E-state index in [9.17, 15) is 19.8 Å². The minimum Gasteiger partial charge on any atom is -0.508 e. The van der Waals surface area contributed by atoms with Crippen LogP contribution in [-0.2, 0) is 32.2 Å². The number of tetrazole rings is 1. The molecule has 13 heteroatoms. The van der Waals surface area contributed by atoms with Gasteiger partial charge in [-0.25, -0.2) is 0 Å². The Balaban J connectivity index is 1.13. The van der Waals surface area contributed by atoms with Gasteiger partial charge in [-0.3, -0.25) is 9.59 Å². The van der Waals surface area contributed by atoms with Gasteiger partial charge >= 0.3 is 5.97 Å². The molecule has 1 aliphatic heterocycles. The molecule has 1 fully saturated rings. The standard InChI is InChI=1S/C38H39N5O7S/c44-23-25-8-10-28(11-9-25)34-21-33(24-51-38-40-41-42-43(38)31-16-18-32(45)19-17-31)49-37(50-34)29-14-12-27(13-15-29)30-5-3-4-26(20-30)22-39-35(46)6-1-2-7-36(47)48/h3-5,8-20,33-34,37,44-45H,1-2,6-7,21-24H2,(H,39,46)(H,47,48)/t33-,34+,37+/m0/s1. The molecule has 12 nitrogen and oxygen atoms in total. The van der Waals surface area contributed by atoms with E-state index in [1.807, 2.05) is 72.8 Å². The summed E-state index contributed by atoms with van der Waals surface area (Å²) in [5.74, 6) is -0.228. The summed E-state index contributed by atoms with van der Waals surface area (Å²) in [5, 5.41) is 43.7. The van der Waals surface area contributed by atoms with Crippen molar-refractivity contribution in [2.24, 2.45) is 0 Å². The molecular weight excluding hydrogens is 671 g/mol. The number of aliphatic hydroxyl groups is 1. The Morgan fingerprint density at radius 2 is 1.61 bits per heavy atom. The summed E-state index contributed by atoms with van der Waals surface area (Å²) in [6.07, 6.45) is 0.899. The van der Waals surface area contributed by atoms with Gasteiger partial charge in [-0.2, -0.15) is 4.68 Å². The third-order valence-corrected chi connectivity index (χ3v) is 9.58. The number of nitrogens with zero attached hydrogens (tertiary/aromatic N) is 4. The number of amides is 1. The number of carboxylic acids is 1. The third kappa shape index (κ3) is 9.79. The van der Waals surface area contributed by atoms with E-state index >= 15 is 0 Å². The maximum atomic E-state index is 12.2. The third-order valence-electron chi connectivity index (χ3n) is 8.53. The average molecular weight is 710 g/mol. The van der Waals surface area contributed by atoms with Crippen molar-refractivity contribution in [1.29, 1.82) is 0 Å². The summed E-state index contributed by atoms with van der Waals surface area (Å²) >= 11 is 1.48. The van der Waals surface area contributed by atoms with Crippen molar-refractivity contribution in [3.63, 3.8) is 0 Å². The maximum Gasteiger partial charge on any atom is 0.303 e. The van der Waals surface area contributed by atoms with Gasteiger partial charge in [0.2, 0.25) is 11.1 Å². The van der Waals surface area contributed by atoms with Crippen molar-refractivity contribution < 1.29 is 34.4 Å². The lowest BCUT2D eigenvalue weighted by Crippen LogP contribution is -2.31. The quantitative estimate of drug-likeness (QED) is 0.0729. The number of phenols is 1. The summed E-state index contributed by atoms with van der Waals surface area (Å²) in [4.78, 5) is 22.9. The van der Waals surface area contributed by atoms with E-state index in [0.29, 0.717) is 43.1 Å². The van der Waals surface area contributed by atoms with E-state index in [2.05, 4.69) is 20.8 Å². The van der Waals surface area contributed by atoms with E-state index in [-0.39, 0.29) is 36.9 Å². The number of aliphatic carboxylic acids is 1. The van der Waals surface area contributed by atoms with Gasteiger partial charge in [0.15, 0.2) is 6.29 Å². The number of aliphatic hydroxyl groups excluding tert-OH is 1. The van der Waals surface area contributed by atoms with E-state index in [4.69, 9.17) is 14.6 Å². The highest BCUT2D eigenvalue weighted by molar-refractivity contribution is 7.99. The number of nitrogens with one attached hydrogen (secondary N) is 1. The van der Waals surface area contributed by atoms with Gasteiger partial charge in [0.1, 0.15) is 5.75 Å². The summed E-state index contributed by atoms with van der Waals surface area (Å²) in [5.41, 5.74) is 6.37. The maximum absolute atomic E-state index is 12.2. The van der Waals surface area contributed by atoms with E-state index < -0.39 is 12.3 Å². The lowest BCUT2D eigenvalue weighted by molar-refractivity contribution is -0.245. The fourth-order valence-corrected chi connectivity index (χ4v) is 6.67. The molecule has 4 N–H and O–H groups in total. The Hall–Kier alpha value is -5.08. The molecule has 6 rings (SSSR count). The number of unbranched alkanes of at least 4 members (excludes halogenated alkanes) is 1. The molecule has 0 spiro atoms. The first-order chi connectivity index (χ1) is 24.8. The Morgan fingerprint density at radius 1 is 0.863 bits per heavy atom. The van der Waals surface area contributed by atoms with Crippen molar-refractivity contribution in [2.75, 3.05) is 5.75 Å². The van der Waals surface area contributed by atoms with Gasteiger partial charge in [0.25, 0.3) is 0 Å². The summed E-state index contributed by atoms with van der Waals surface area (Å²) in [6, 6.07) is 30.4. The summed E-state index contributed by atoms with van der Waals surface area (Å²) in [7, 11) is 0. The monoisotopic (exact) mass is 709 g/mol. The number of rotatable bonds is 15. The molecule has 3 atom stereocenters. The highest BCUT2D eigenvalue weighted by atomic mass is 32.2. The van der Waals surface area contributed by atoms with Crippen molar-refractivity contribution in [3.05, 3.63) is 119 Å². The first kappa shape index (κ1) is 35.7. The number of aromatic nitrogens is 4. The number of carbonyl (C=O) groups is 2. The number of hydrogen-bond acceptors (Lipinski definition) is 10. The zero-order chi connectivity index (χ0) is 35.6. The Morgan fingerprint density at radius 3 is 2.35 bits per heavy atom. The molecule has 264 valence electrons. The molecule has 1 aliphatic rings. The Bertz CT molecular complexity index is 1900. The predicted molar refractivity (Wildman–Crippen MR) is 190 cm³/mol. The van der Waals surface area contributed by atoms with Gasteiger partial charge in [-0.15, -0.1) is 5.10 Å². The van der Waals surface area contributed by atoms with Crippen LogP contribution in [-0.4, -0.2) is 59.3 Å². The molecule has 2 heterocycles. The van der Waals surface area contributed by atoms with Crippen LogP contribution in [0.25, 0.3) is 16.8 Å². The largest absolute Gasteiger partial charge is 0.508 e. The second-order valence-corrected chi connectivity index (χ2v) is 13.2. The van der Waals surface area contributed by atoms with Crippen molar-refractivity contribution in [2.45, 2.75) is 68.9 Å². The van der Waals surface area contributed by atoms with Crippen molar-refractivity contribution >= 4 is 23.6 Å². The van der Waals surface area contributed by atoms with Crippen LogP contribution in [0.2, 0.25) is 0 Å². The molecule has 0 aliphatic carbocycles. The lowest BCUT2D eigenvalue weighted by atomic mass is 9.99. The number of phenolic OH excluding ortho intramolecular Hbond substituents is 1. The number of ether oxygens (including phenoxy) is 2. The minimum absolute atomic E-state index is 0.0351. The van der Waals surface area contributed by atoms with Gasteiger partial charge in [-0.1, -0.05) is 78.5 Å². The number of carbonyl (C=O) groups excluding carboxylic acids is 1. The normalized spacial score (nSPS) is 17.2. The fourth-order valence-electron chi connectivity index (χ4n) is 5.76. The van der Waals surface area contributed by atoms with Crippen LogP contribution in [0.5, 0.6) is 5.75 Å². The zero-order valence-corrected chi connectivity index (χ0v) is 28.6. The lowest BCUT2D eigenvalue weighted by Gasteiger charge is -2.36. The van der Waals surface area contributed by atoms with Crippen molar-refractivity contribution in [3.8, 4) is 22.6 Å². The van der Waals surface area contributed by atoms with Crippen LogP contribution < -0.4 is 5.32 Å². The molecule has 1 amide bonds. The molecule has 0 radical (unpaired) electrons. The van der Waals surface area contributed by atoms with Gasteiger partial charge in [0, 0.05) is 37.1 Å². The highest BCUT2D eigenvalue weighted by Crippen LogP contribution is 2.40. The van der Waals surface area contributed by atoms with E-state index in [1.165, 1.54) is 11.8 Å². The molecule has 1 aromatic heterocycles. The topological polar surface area (TPSA) is 169 Å². The van der Waals surface area contributed by atoms with E-state index in [1.54, 1.807) is 28.9 Å². The number of aromatic hydroxyl groups is 1. The Kier molecular flexibility index (Phi) is 12.1. The molecule has 5 aromatic rings. The molecule has 51 heavy (non-hydrogen) atoms. The van der Waals surface area contributed by atoms with Crippen LogP contribution in [0.3, 0.4) is 0 Å². The fraction of sp³-hybridized carbons (Fsp3) is 0.289. The zero-order valence-electron chi connectivity index (χ0n) is 27.8. The van der Waals surface area contributed by atoms with Crippen LogP contribution in [0.15, 0.2) is 102 Å². The molecule has 4 aromatic carbocycles. The number of hydrogen-bond donors (Lipinski definition) is 4. The number of thioether (sulfide) groups is 1. The van der Waals surface area contributed by atoms with Crippen LogP contribution in [0.4, 0.5) is 0 Å². The molecular formula is C38H39N5O7S. The van der Waals surface area contributed by atoms with Crippen LogP contribution in [0, 0.1) is 0 Å². The summed E-state index contributed by atoms with van der Waals surface area (Å²) < 4.78 is 14.7. The second kappa shape index (κ2) is 17.2. The van der Waals surface area contributed by atoms with Crippen LogP contribution >= 0.6 is 11.8 Å². The van der Waals surface area contributed by atoms with Gasteiger partial charge in [-0.05, 0) is 81.4 Å². The number of carboxylic acid groups (broad SMARTS) is 1. The second-order valence-electron chi connectivity index (χ2n) is 12.3. The van der Waals surface area contributed by atoms with Crippen molar-refractivity contribution in [1.82, 2.24) is 25.5 Å². The predicted octanol–water partition coefficient (Wildman–Crippen LogP) is 6.13. The van der Waals surface area contributed by atoms with Gasteiger partial charge < -0.3 is 30.1 Å². The smallest absolute Gasteiger partial charge is 0.303 e. The van der Waals surface area contributed by atoms with E-state index in [0.717, 1.165) is 39.1 Å². The molecule has 0 unspecified atom stereocenters. The SMILES string of the molecule is O=C(O)CCCCC(=O)NCc1cccc(-c2ccc([C@@H]3O[C@H](CSc4nnnn4-c4ccc(O)cc4)C[C@H](c4ccc(CO)cc4)O3)cc2)c1. The van der Waals surface area contributed by atoms with Crippen LogP contribution in [0.1, 0.15) is 66.8 Å². The molecule has 1 saturated heterocycles. The first-order valence-electron chi connectivity index (χ1n) is 16.7. The Labute approximate surface area is 299 Å². The molecule has 0 saturated carbocycles. The first-order valence-corrected chi connectivity index (χ1v) is 17.7. The number of benzene rings is 4. The molecule has 0 bridgehead atoms. The highest BCUT2D eigenvalue weighted by Gasteiger charge is 2.32. The van der Waals surface area contributed by atoms with Gasteiger partial charge in [0.05, 0.1) is 24.5 Å².